The molecule has 0 N–H and O–H groups in total. The van der Waals surface area contributed by atoms with Crippen LogP contribution >= 0.6 is 11.6 Å². The van der Waals surface area contributed by atoms with Crippen molar-refractivity contribution in [3.8, 4) is 0 Å². The Bertz CT molecular complexity index is 567. The standard InChI is InChI=1S/C14H11ClF3N2/c15-13-8-10(6-7-19-13)2-1-3-11-4-5-12(20-9-11)14(16,17)18/h1,4-9H,2-3H2. The molecule has 2 rings (SSSR count). The van der Waals surface area contributed by atoms with E-state index in [0.29, 0.717) is 18.0 Å². The molecule has 0 saturated carbocycles. The Labute approximate surface area is 119 Å². The van der Waals surface area contributed by atoms with E-state index in [9.17, 15) is 13.2 Å². The second kappa shape index (κ2) is 6.22. The lowest BCUT2D eigenvalue weighted by Gasteiger charge is -2.06. The minimum atomic E-state index is -4.39. The van der Waals surface area contributed by atoms with E-state index in [0.717, 1.165) is 17.2 Å². The summed E-state index contributed by atoms with van der Waals surface area (Å²) in [7, 11) is 0. The molecule has 0 bridgehead atoms. The Morgan fingerprint density at radius 3 is 2.40 bits per heavy atom. The fraction of sp³-hybridized carbons (Fsp3) is 0.214. The van der Waals surface area contributed by atoms with E-state index >= 15 is 0 Å². The highest BCUT2D eigenvalue weighted by atomic mass is 35.5. The molecule has 0 fully saturated rings. The number of rotatable bonds is 4. The first kappa shape index (κ1) is 14.8. The lowest BCUT2D eigenvalue weighted by atomic mass is 10.1. The first-order valence-electron chi connectivity index (χ1n) is 5.89. The maximum atomic E-state index is 12.3. The SMILES string of the molecule is FC(F)(F)c1ccc(C[CH]Cc2ccnc(Cl)c2)cn1. The molecule has 0 aliphatic carbocycles. The van der Waals surface area contributed by atoms with E-state index in [4.69, 9.17) is 11.6 Å². The van der Waals surface area contributed by atoms with E-state index in [1.807, 2.05) is 12.5 Å². The molecule has 2 nitrogen and oxygen atoms in total. The van der Waals surface area contributed by atoms with Crippen LogP contribution in [-0.2, 0) is 19.0 Å². The Kier molecular flexibility index (Phi) is 4.60. The van der Waals surface area contributed by atoms with Crippen LogP contribution in [0.4, 0.5) is 13.2 Å². The number of hydrogen-bond donors (Lipinski definition) is 0. The van der Waals surface area contributed by atoms with E-state index in [1.165, 1.54) is 12.3 Å². The average Bonchev–Trinajstić information content (AvgIpc) is 2.38. The normalized spacial score (nSPS) is 11.6. The zero-order valence-corrected chi connectivity index (χ0v) is 11.1. The first-order valence-corrected chi connectivity index (χ1v) is 6.27. The number of nitrogens with zero attached hydrogens (tertiary/aromatic N) is 2. The van der Waals surface area contributed by atoms with Crippen molar-refractivity contribution in [2.45, 2.75) is 19.0 Å². The van der Waals surface area contributed by atoms with Crippen LogP contribution in [0.1, 0.15) is 16.8 Å². The second-order valence-corrected chi connectivity index (χ2v) is 4.62. The summed E-state index contributed by atoms with van der Waals surface area (Å²) in [6.45, 7) is 0. The Hall–Kier alpha value is -1.62. The van der Waals surface area contributed by atoms with Gasteiger partial charge in [-0.25, -0.2) is 4.98 Å². The molecule has 105 valence electrons. The Balaban J connectivity index is 1.88. The van der Waals surface area contributed by atoms with Crippen LogP contribution in [0.25, 0.3) is 0 Å². The summed E-state index contributed by atoms with van der Waals surface area (Å²) in [4.78, 5) is 7.29. The summed E-state index contributed by atoms with van der Waals surface area (Å²) in [5.41, 5.74) is 0.866. The number of alkyl halides is 3. The summed E-state index contributed by atoms with van der Waals surface area (Å²) in [5, 5.41) is 0.423. The van der Waals surface area contributed by atoms with Gasteiger partial charge in [0.05, 0.1) is 0 Å². The Morgan fingerprint density at radius 1 is 1.05 bits per heavy atom. The highest BCUT2D eigenvalue weighted by Crippen LogP contribution is 2.27. The van der Waals surface area contributed by atoms with Gasteiger partial charge in [0, 0.05) is 12.4 Å². The van der Waals surface area contributed by atoms with Gasteiger partial charge in [0.1, 0.15) is 10.8 Å². The molecule has 2 aromatic rings. The summed E-state index contributed by atoms with van der Waals surface area (Å²) in [6, 6.07) is 6.02. The number of pyridine rings is 2. The minimum Gasteiger partial charge on any atom is -0.252 e. The highest BCUT2D eigenvalue weighted by Gasteiger charge is 2.31. The molecule has 2 heterocycles. The van der Waals surface area contributed by atoms with Gasteiger partial charge in [-0.15, -0.1) is 0 Å². The van der Waals surface area contributed by atoms with Crippen LogP contribution in [0.3, 0.4) is 0 Å². The van der Waals surface area contributed by atoms with E-state index < -0.39 is 11.9 Å². The number of hydrogen-bond acceptors (Lipinski definition) is 2. The molecule has 0 aliphatic rings. The van der Waals surface area contributed by atoms with E-state index in [-0.39, 0.29) is 0 Å². The van der Waals surface area contributed by atoms with Gasteiger partial charge in [-0.3, -0.25) is 4.98 Å². The lowest BCUT2D eigenvalue weighted by Crippen LogP contribution is -2.07. The summed E-state index contributed by atoms with van der Waals surface area (Å²) in [5.74, 6) is 0. The van der Waals surface area contributed by atoms with Gasteiger partial charge in [0.15, 0.2) is 0 Å². The van der Waals surface area contributed by atoms with Crippen LogP contribution in [0.15, 0.2) is 36.7 Å². The topological polar surface area (TPSA) is 25.8 Å². The van der Waals surface area contributed by atoms with Gasteiger partial charge in [-0.05, 0) is 48.6 Å². The molecule has 0 spiro atoms. The molecule has 0 aromatic carbocycles. The van der Waals surface area contributed by atoms with Crippen LogP contribution < -0.4 is 0 Å². The van der Waals surface area contributed by atoms with Gasteiger partial charge in [0.25, 0.3) is 0 Å². The predicted molar refractivity (Wildman–Crippen MR) is 70.2 cm³/mol. The van der Waals surface area contributed by atoms with Crippen LogP contribution in [0.2, 0.25) is 5.15 Å². The highest BCUT2D eigenvalue weighted by molar-refractivity contribution is 6.29. The molecule has 0 aliphatic heterocycles. The third-order valence-corrected chi connectivity index (χ3v) is 2.87. The fourth-order valence-electron chi connectivity index (χ4n) is 1.69. The van der Waals surface area contributed by atoms with Gasteiger partial charge in [-0.1, -0.05) is 17.7 Å². The molecule has 0 atom stereocenters. The predicted octanol–water partition coefficient (Wildman–Crippen LogP) is 4.14. The van der Waals surface area contributed by atoms with E-state index in [2.05, 4.69) is 9.97 Å². The van der Waals surface area contributed by atoms with Crippen molar-refractivity contribution in [3.05, 3.63) is 65.1 Å². The van der Waals surface area contributed by atoms with Gasteiger partial charge in [-0.2, -0.15) is 13.2 Å². The third-order valence-electron chi connectivity index (χ3n) is 2.67. The zero-order valence-electron chi connectivity index (χ0n) is 10.4. The van der Waals surface area contributed by atoms with Crippen molar-refractivity contribution in [1.82, 2.24) is 9.97 Å². The molecular formula is C14H11ClF3N2. The van der Waals surface area contributed by atoms with Gasteiger partial charge >= 0.3 is 6.18 Å². The molecule has 1 radical (unpaired) electrons. The fourth-order valence-corrected chi connectivity index (χ4v) is 1.88. The maximum Gasteiger partial charge on any atom is 0.433 e. The van der Waals surface area contributed by atoms with Crippen molar-refractivity contribution in [3.63, 3.8) is 0 Å². The minimum absolute atomic E-state index is 0.423. The largest absolute Gasteiger partial charge is 0.433 e. The summed E-state index contributed by atoms with van der Waals surface area (Å²) >= 11 is 5.76. The molecule has 0 saturated heterocycles. The molecule has 6 heteroatoms. The smallest absolute Gasteiger partial charge is 0.252 e. The quantitative estimate of drug-likeness (QED) is 0.793. The summed E-state index contributed by atoms with van der Waals surface area (Å²) < 4.78 is 37.0. The number of aromatic nitrogens is 2. The zero-order chi connectivity index (χ0) is 14.6. The monoisotopic (exact) mass is 299 g/mol. The number of halogens is 4. The molecular weight excluding hydrogens is 289 g/mol. The van der Waals surface area contributed by atoms with Crippen molar-refractivity contribution in [1.29, 1.82) is 0 Å². The lowest BCUT2D eigenvalue weighted by molar-refractivity contribution is -0.141. The maximum absolute atomic E-state index is 12.3. The van der Waals surface area contributed by atoms with Crippen molar-refractivity contribution in [2.75, 3.05) is 0 Å². The van der Waals surface area contributed by atoms with Crippen molar-refractivity contribution >= 4 is 11.6 Å². The van der Waals surface area contributed by atoms with Crippen molar-refractivity contribution in [2.24, 2.45) is 0 Å². The third kappa shape index (κ3) is 4.20. The second-order valence-electron chi connectivity index (χ2n) is 4.23. The summed E-state index contributed by atoms with van der Waals surface area (Å²) in [6.07, 6.45) is 1.64. The van der Waals surface area contributed by atoms with Crippen LogP contribution in [0.5, 0.6) is 0 Å². The van der Waals surface area contributed by atoms with E-state index in [1.54, 1.807) is 12.3 Å². The van der Waals surface area contributed by atoms with Crippen LogP contribution in [-0.4, -0.2) is 9.97 Å². The molecule has 0 amide bonds. The Morgan fingerprint density at radius 2 is 1.80 bits per heavy atom. The first-order chi connectivity index (χ1) is 9.45. The molecule has 0 unspecified atom stereocenters. The molecule has 2 aromatic heterocycles. The molecule has 20 heavy (non-hydrogen) atoms. The van der Waals surface area contributed by atoms with Gasteiger partial charge in [0.2, 0.25) is 0 Å². The van der Waals surface area contributed by atoms with Gasteiger partial charge < -0.3 is 0 Å². The van der Waals surface area contributed by atoms with Crippen LogP contribution in [0, 0.1) is 6.42 Å². The van der Waals surface area contributed by atoms with Crippen molar-refractivity contribution < 1.29 is 13.2 Å². The average molecular weight is 300 g/mol.